The summed E-state index contributed by atoms with van der Waals surface area (Å²) >= 11 is 0. The van der Waals surface area contributed by atoms with E-state index in [4.69, 9.17) is 9.84 Å². The first-order chi connectivity index (χ1) is 11.1. The van der Waals surface area contributed by atoms with Crippen molar-refractivity contribution in [3.63, 3.8) is 0 Å². The number of aliphatic hydroxyl groups is 1. The molecule has 2 rings (SSSR count). The number of ether oxygens (including phenoxy) is 1. The van der Waals surface area contributed by atoms with Crippen molar-refractivity contribution in [3.05, 3.63) is 42.2 Å². The van der Waals surface area contributed by atoms with Crippen LogP contribution in [-0.4, -0.2) is 40.7 Å². The van der Waals surface area contributed by atoms with Gasteiger partial charge in [0.25, 0.3) is 0 Å². The van der Waals surface area contributed by atoms with E-state index in [0.717, 1.165) is 11.3 Å². The van der Waals surface area contributed by atoms with Crippen LogP contribution >= 0.6 is 0 Å². The van der Waals surface area contributed by atoms with Crippen molar-refractivity contribution in [1.82, 2.24) is 15.1 Å². The summed E-state index contributed by atoms with van der Waals surface area (Å²) in [5.41, 5.74) is 1.70. The van der Waals surface area contributed by atoms with Gasteiger partial charge >= 0.3 is 6.03 Å². The Hall–Kier alpha value is -2.54. The summed E-state index contributed by atoms with van der Waals surface area (Å²) in [5, 5.41) is 18.5. The van der Waals surface area contributed by atoms with Crippen LogP contribution in [-0.2, 0) is 6.54 Å². The lowest BCUT2D eigenvalue weighted by Gasteiger charge is -2.12. The highest BCUT2D eigenvalue weighted by atomic mass is 16.5. The Morgan fingerprint density at radius 3 is 2.78 bits per heavy atom. The van der Waals surface area contributed by atoms with Crippen LogP contribution in [0, 0.1) is 0 Å². The number of carbonyl (C=O) groups excluding carboxylic acids is 1. The largest absolute Gasteiger partial charge is 0.497 e. The second-order valence-electron chi connectivity index (χ2n) is 5.29. The van der Waals surface area contributed by atoms with E-state index < -0.39 is 0 Å². The molecule has 0 radical (unpaired) electrons. The van der Waals surface area contributed by atoms with E-state index in [-0.39, 0.29) is 18.7 Å². The molecule has 0 fully saturated rings. The highest BCUT2D eigenvalue weighted by Crippen LogP contribution is 2.13. The third-order valence-corrected chi connectivity index (χ3v) is 3.33. The van der Waals surface area contributed by atoms with Gasteiger partial charge in [-0.25, -0.2) is 4.79 Å². The molecule has 23 heavy (non-hydrogen) atoms. The Labute approximate surface area is 135 Å². The number of methoxy groups -OCH3 is 1. The fraction of sp³-hybridized carbons (Fsp3) is 0.375. The van der Waals surface area contributed by atoms with Crippen LogP contribution in [0.25, 0.3) is 0 Å². The number of rotatable bonds is 7. The monoisotopic (exact) mass is 318 g/mol. The number of anilines is 1. The van der Waals surface area contributed by atoms with E-state index in [1.807, 2.05) is 31.2 Å². The summed E-state index contributed by atoms with van der Waals surface area (Å²) in [7, 11) is 1.63. The smallest absolute Gasteiger partial charge is 0.319 e. The van der Waals surface area contributed by atoms with E-state index in [2.05, 4.69) is 15.7 Å². The molecule has 0 aliphatic carbocycles. The third kappa shape index (κ3) is 5.30. The van der Waals surface area contributed by atoms with Gasteiger partial charge in [0.05, 0.1) is 25.5 Å². The van der Waals surface area contributed by atoms with E-state index in [1.54, 1.807) is 24.2 Å². The number of benzene rings is 1. The third-order valence-electron chi connectivity index (χ3n) is 3.33. The van der Waals surface area contributed by atoms with Crippen LogP contribution in [0.15, 0.2) is 36.7 Å². The first-order valence-corrected chi connectivity index (χ1v) is 7.44. The molecule has 7 nitrogen and oxygen atoms in total. The molecule has 0 saturated heterocycles. The minimum Gasteiger partial charge on any atom is -0.497 e. The highest BCUT2D eigenvalue weighted by molar-refractivity contribution is 5.89. The molecule has 7 heteroatoms. The van der Waals surface area contributed by atoms with Crippen LogP contribution in [0.1, 0.15) is 18.9 Å². The summed E-state index contributed by atoms with van der Waals surface area (Å²) < 4.78 is 6.87. The SMILES string of the molecule is COc1ccc(Cn2cc(NC(=O)NC(C)CCO)cn2)cc1. The van der Waals surface area contributed by atoms with Crippen molar-refractivity contribution in [2.24, 2.45) is 0 Å². The summed E-state index contributed by atoms with van der Waals surface area (Å²) in [6.07, 6.45) is 3.88. The molecule has 0 spiro atoms. The molecule has 1 aromatic heterocycles. The number of hydrogen-bond donors (Lipinski definition) is 3. The summed E-state index contributed by atoms with van der Waals surface area (Å²) in [4.78, 5) is 11.8. The fourth-order valence-corrected chi connectivity index (χ4v) is 2.09. The van der Waals surface area contributed by atoms with Crippen molar-refractivity contribution in [2.45, 2.75) is 25.9 Å². The van der Waals surface area contributed by atoms with Gasteiger partial charge in [0, 0.05) is 18.8 Å². The Kier molecular flexibility index (Phi) is 5.99. The molecule has 0 saturated carbocycles. The van der Waals surface area contributed by atoms with E-state index in [0.29, 0.717) is 18.7 Å². The standard InChI is InChI=1S/C16H22N4O3/c1-12(7-8-21)18-16(22)19-14-9-17-20(11-14)10-13-3-5-15(23-2)6-4-13/h3-6,9,11-12,21H,7-8,10H2,1-2H3,(H2,18,19,22). The van der Waals surface area contributed by atoms with Gasteiger partial charge in [-0.15, -0.1) is 0 Å². The number of carbonyl (C=O) groups is 1. The minimum absolute atomic E-state index is 0.0429. The number of aromatic nitrogens is 2. The lowest BCUT2D eigenvalue weighted by atomic mass is 10.2. The number of urea groups is 1. The van der Waals surface area contributed by atoms with Gasteiger partial charge in [-0.3, -0.25) is 4.68 Å². The zero-order valence-corrected chi connectivity index (χ0v) is 13.3. The summed E-state index contributed by atoms with van der Waals surface area (Å²) in [6.45, 7) is 2.48. The normalized spacial score (nSPS) is 11.8. The Morgan fingerprint density at radius 1 is 1.39 bits per heavy atom. The van der Waals surface area contributed by atoms with Crippen molar-refractivity contribution in [3.8, 4) is 5.75 Å². The Morgan fingerprint density at radius 2 is 2.13 bits per heavy atom. The molecule has 1 atom stereocenters. The molecule has 1 heterocycles. The van der Waals surface area contributed by atoms with Gasteiger partial charge in [-0.1, -0.05) is 12.1 Å². The second-order valence-corrected chi connectivity index (χ2v) is 5.29. The zero-order valence-electron chi connectivity index (χ0n) is 13.3. The maximum atomic E-state index is 11.8. The van der Waals surface area contributed by atoms with Crippen molar-refractivity contribution in [2.75, 3.05) is 19.0 Å². The van der Waals surface area contributed by atoms with Gasteiger partial charge in [-0.05, 0) is 31.0 Å². The van der Waals surface area contributed by atoms with Crippen LogP contribution in [0.4, 0.5) is 10.5 Å². The van der Waals surface area contributed by atoms with Gasteiger partial charge in [0.2, 0.25) is 0 Å². The Bertz CT molecular complexity index is 625. The maximum absolute atomic E-state index is 11.8. The number of hydrogen-bond acceptors (Lipinski definition) is 4. The number of amides is 2. The van der Waals surface area contributed by atoms with Gasteiger partial charge in [0.15, 0.2) is 0 Å². The summed E-state index contributed by atoms with van der Waals surface area (Å²) in [6, 6.07) is 7.33. The average Bonchev–Trinajstić information content (AvgIpc) is 2.95. The minimum atomic E-state index is -0.310. The molecule has 2 aromatic rings. The molecule has 0 aliphatic rings. The molecule has 124 valence electrons. The molecule has 1 aromatic carbocycles. The maximum Gasteiger partial charge on any atom is 0.319 e. The first-order valence-electron chi connectivity index (χ1n) is 7.44. The molecule has 3 N–H and O–H groups in total. The molecule has 1 unspecified atom stereocenters. The summed E-state index contributed by atoms with van der Waals surface area (Å²) in [5.74, 6) is 0.810. The molecular formula is C16H22N4O3. The Balaban J connectivity index is 1.88. The van der Waals surface area contributed by atoms with Crippen LogP contribution in [0.5, 0.6) is 5.75 Å². The van der Waals surface area contributed by atoms with Crippen molar-refractivity contribution < 1.29 is 14.6 Å². The number of nitrogens with one attached hydrogen (secondary N) is 2. The topological polar surface area (TPSA) is 88.4 Å². The quantitative estimate of drug-likeness (QED) is 0.727. The lowest BCUT2D eigenvalue weighted by molar-refractivity contribution is 0.241. The predicted octanol–water partition coefficient (Wildman–Crippen LogP) is 1.83. The van der Waals surface area contributed by atoms with Crippen molar-refractivity contribution >= 4 is 11.7 Å². The number of nitrogens with zero attached hydrogens (tertiary/aromatic N) is 2. The lowest BCUT2D eigenvalue weighted by Crippen LogP contribution is -2.36. The average molecular weight is 318 g/mol. The first kappa shape index (κ1) is 16.8. The fourth-order valence-electron chi connectivity index (χ4n) is 2.09. The van der Waals surface area contributed by atoms with Crippen LogP contribution in [0.3, 0.4) is 0 Å². The van der Waals surface area contributed by atoms with E-state index >= 15 is 0 Å². The van der Waals surface area contributed by atoms with Crippen molar-refractivity contribution in [1.29, 1.82) is 0 Å². The molecule has 0 bridgehead atoms. The molecule has 2 amide bonds. The molecule has 0 aliphatic heterocycles. The van der Waals surface area contributed by atoms with Gasteiger partial charge in [0.1, 0.15) is 5.75 Å². The predicted molar refractivity (Wildman–Crippen MR) is 87.6 cm³/mol. The zero-order chi connectivity index (χ0) is 16.7. The molecular weight excluding hydrogens is 296 g/mol. The number of aliphatic hydroxyl groups excluding tert-OH is 1. The van der Waals surface area contributed by atoms with Gasteiger partial charge in [-0.2, -0.15) is 5.10 Å². The highest BCUT2D eigenvalue weighted by Gasteiger charge is 2.08. The van der Waals surface area contributed by atoms with E-state index in [1.165, 1.54) is 0 Å². The second kappa shape index (κ2) is 8.19. The van der Waals surface area contributed by atoms with Crippen LogP contribution in [0.2, 0.25) is 0 Å². The van der Waals surface area contributed by atoms with Gasteiger partial charge < -0.3 is 20.5 Å². The van der Waals surface area contributed by atoms with E-state index in [9.17, 15) is 4.79 Å². The van der Waals surface area contributed by atoms with Crippen LogP contribution < -0.4 is 15.4 Å².